The molecule has 0 bridgehead atoms. The molecule has 0 saturated carbocycles. The molecule has 2 amide bonds. The van der Waals surface area contributed by atoms with E-state index in [2.05, 4.69) is 5.32 Å². The highest BCUT2D eigenvalue weighted by Gasteiger charge is 2.33. The van der Waals surface area contributed by atoms with E-state index < -0.39 is 0 Å². The van der Waals surface area contributed by atoms with Crippen molar-refractivity contribution >= 4 is 24.2 Å². The van der Waals surface area contributed by atoms with Crippen LogP contribution in [0.4, 0.5) is 0 Å². The van der Waals surface area contributed by atoms with Crippen molar-refractivity contribution in [1.82, 2.24) is 15.1 Å². The number of nitrogens with zero attached hydrogens (tertiary/aromatic N) is 2. The summed E-state index contributed by atoms with van der Waals surface area (Å²) in [5, 5.41) is 3.29. The zero-order valence-corrected chi connectivity index (χ0v) is 15.5. The maximum atomic E-state index is 12.7. The molecule has 134 valence electrons. The molecule has 0 spiro atoms. The second-order valence-corrected chi connectivity index (χ2v) is 6.82. The molecule has 2 atom stereocenters. The first kappa shape index (κ1) is 20.2. The van der Waals surface area contributed by atoms with Crippen LogP contribution >= 0.6 is 12.4 Å². The number of likely N-dealkylation sites (tertiary alicyclic amines) is 2. The molecule has 0 radical (unpaired) electrons. The van der Waals surface area contributed by atoms with Crippen LogP contribution in [0.3, 0.4) is 0 Å². The van der Waals surface area contributed by atoms with Gasteiger partial charge in [0.15, 0.2) is 0 Å². The van der Waals surface area contributed by atoms with Crippen LogP contribution in [0.15, 0.2) is 0 Å². The summed E-state index contributed by atoms with van der Waals surface area (Å²) in [4.78, 5) is 29.0. The quantitative estimate of drug-likeness (QED) is 0.846. The Morgan fingerprint density at radius 3 is 2.35 bits per heavy atom. The summed E-state index contributed by atoms with van der Waals surface area (Å²) >= 11 is 0. The monoisotopic (exact) mass is 345 g/mol. The molecule has 2 aliphatic rings. The molecule has 0 aromatic rings. The first-order chi connectivity index (χ1) is 10.6. The predicted octanol–water partition coefficient (Wildman–Crippen LogP) is 1.90. The normalized spacial score (nSPS) is 24.0. The molecule has 2 heterocycles. The second kappa shape index (κ2) is 9.48. The first-order valence-electron chi connectivity index (χ1n) is 8.81. The Hall–Kier alpha value is -0.810. The Kier molecular flexibility index (Phi) is 8.34. The highest BCUT2D eigenvalue weighted by molar-refractivity contribution is 5.85. The minimum absolute atomic E-state index is 0. The number of nitrogens with one attached hydrogen (secondary N) is 1. The lowest BCUT2D eigenvalue weighted by Crippen LogP contribution is -2.50. The number of halogens is 1. The van der Waals surface area contributed by atoms with Gasteiger partial charge in [-0.15, -0.1) is 12.4 Å². The van der Waals surface area contributed by atoms with E-state index in [1.165, 1.54) is 0 Å². The van der Waals surface area contributed by atoms with Crippen LogP contribution in [-0.2, 0) is 9.59 Å². The summed E-state index contributed by atoms with van der Waals surface area (Å²) in [6, 6.07) is 0.541. The van der Waals surface area contributed by atoms with Crippen molar-refractivity contribution in [2.45, 2.75) is 52.0 Å². The van der Waals surface area contributed by atoms with Gasteiger partial charge in [-0.05, 0) is 39.2 Å². The van der Waals surface area contributed by atoms with E-state index in [1.807, 2.05) is 30.7 Å². The third-order valence-electron chi connectivity index (χ3n) is 5.33. The number of amides is 2. The molecule has 0 aromatic heterocycles. The molecule has 2 unspecified atom stereocenters. The van der Waals surface area contributed by atoms with Crippen LogP contribution in [-0.4, -0.2) is 60.9 Å². The van der Waals surface area contributed by atoms with E-state index in [9.17, 15) is 9.59 Å². The molecule has 6 heteroatoms. The van der Waals surface area contributed by atoms with E-state index in [0.717, 1.165) is 51.7 Å². The smallest absolute Gasteiger partial charge is 0.227 e. The minimum Gasteiger partial charge on any atom is -0.342 e. The first-order valence-corrected chi connectivity index (χ1v) is 8.81. The molecule has 2 fully saturated rings. The lowest BCUT2D eigenvalue weighted by Gasteiger charge is -2.38. The van der Waals surface area contributed by atoms with Crippen LogP contribution in [0.25, 0.3) is 0 Å². The number of hydrogen-bond acceptors (Lipinski definition) is 3. The lowest BCUT2D eigenvalue weighted by atomic mass is 9.93. The highest BCUT2D eigenvalue weighted by Crippen LogP contribution is 2.23. The Labute approximate surface area is 146 Å². The van der Waals surface area contributed by atoms with Gasteiger partial charge >= 0.3 is 0 Å². The average Bonchev–Trinajstić information content (AvgIpc) is 2.59. The Bertz CT molecular complexity index is 397. The van der Waals surface area contributed by atoms with Gasteiger partial charge in [0.2, 0.25) is 11.8 Å². The van der Waals surface area contributed by atoms with Crippen molar-refractivity contribution in [2.75, 3.05) is 33.2 Å². The van der Waals surface area contributed by atoms with Crippen molar-refractivity contribution in [2.24, 2.45) is 11.8 Å². The van der Waals surface area contributed by atoms with Gasteiger partial charge in [0.1, 0.15) is 0 Å². The van der Waals surface area contributed by atoms with Gasteiger partial charge in [0.25, 0.3) is 0 Å². The van der Waals surface area contributed by atoms with Crippen molar-refractivity contribution < 1.29 is 9.59 Å². The molecule has 2 rings (SSSR count). The molecule has 5 nitrogen and oxygen atoms in total. The third-order valence-corrected chi connectivity index (χ3v) is 5.33. The number of carbonyl (C=O) groups excluding carboxylic acids is 2. The van der Waals surface area contributed by atoms with Crippen LogP contribution in [0, 0.1) is 11.8 Å². The second-order valence-electron chi connectivity index (χ2n) is 6.82. The molecule has 2 aliphatic heterocycles. The third kappa shape index (κ3) is 5.08. The summed E-state index contributed by atoms with van der Waals surface area (Å²) in [6.07, 6.45) is 4.81. The van der Waals surface area contributed by atoms with E-state index in [4.69, 9.17) is 0 Å². The van der Waals surface area contributed by atoms with E-state index in [1.54, 1.807) is 0 Å². The predicted molar refractivity (Wildman–Crippen MR) is 94.7 cm³/mol. The Morgan fingerprint density at radius 2 is 1.78 bits per heavy atom. The molecule has 0 aliphatic carbocycles. The minimum atomic E-state index is 0. The average molecular weight is 346 g/mol. The zero-order valence-electron chi connectivity index (χ0n) is 14.7. The van der Waals surface area contributed by atoms with Gasteiger partial charge in [-0.3, -0.25) is 9.59 Å². The zero-order chi connectivity index (χ0) is 16.1. The van der Waals surface area contributed by atoms with Crippen molar-refractivity contribution in [3.63, 3.8) is 0 Å². The number of piperidine rings is 2. The number of hydrogen-bond donors (Lipinski definition) is 1. The van der Waals surface area contributed by atoms with Crippen LogP contribution in [0.1, 0.15) is 46.0 Å². The fourth-order valence-electron chi connectivity index (χ4n) is 3.51. The Balaban J connectivity index is 0.00000264. The molecular formula is C17H32ClN3O2. The summed E-state index contributed by atoms with van der Waals surface area (Å²) in [5.41, 5.74) is 0. The van der Waals surface area contributed by atoms with Gasteiger partial charge in [0.05, 0.1) is 5.92 Å². The SMILES string of the molecule is CCC(C)C(=O)N1CCCC(C(=O)N2CCC(NC)CC2)C1.Cl. The highest BCUT2D eigenvalue weighted by atomic mass is 35.5. The van der Waals surface area contributed by atoms with E-state index in [0.29, 0.717) is 12.6 Å². The van der Waals surface area contributed by atoms with Crippen LogP contribution in [0.2, 0.25) is 0 Å². The number of carbonyl (C=O) groups is 2. The fourth-order valence-corrected chi connectivity index (χ4v) is 3.51. The lowest BCUT2D eigenvalue weighted by molar-refractivity contribution is -0.143. The van der Waals surface area contributed by atoms with Crippen LogP contribution < -0.4 is 5.32 Å². The maximum absolute atomic E-state index is 12.7. The van der Waals surface area contributed by atoms with E-state index in [-0.39, 0.29) is 36.1 Å². The molecule has 0 aromatic carbocycles. The summed E-state index contributed by atoms with van der Waals surface area (Å²) < 4.78 is 0. The van der Waals surface area contributed by atoms with Gasteiger partial charge in [0, 0.05) is 38.1 Å². The van der Waals surface area contributed by atoms with Crippen molar-refractivity contribution in [3.05, 3.63) is 0 Å². The summed E-state index contributed by atoms with van der Waals surface area (Å²) in [5.74, 6) is 0.554. The van der Waals surface area contributed by atoms with Crippen LogP contribution in [0.5, 0.6) is 0 Å². The van der Waals surface area contributed by atoms with Crippen molar-refractivity contribution in [3.8, 4) is 0 Å². The van der Waals surface area contributed by atoms with Gasteiger partial charge < -0.3 is 15.1 Å². The molecule has 2 saturated heterocycles. The molecular weight excluding hydrogens is 314 g/mol. The maximum Gasteiger partial charge on any atom is 0.227 e. The Morgan fingerprint density at radius 1 is 1.13 bits per heavy atom. The largest absolute Gasteiger partial charge is 0.342 e. The standard InChI is InChI=1S/C17H31N3O2.ClH/c1-4-13(2)16(21)20-9-5-6-14(12-20)17(22)19-10-7-15(18-3)8-11-19;/h13-15,18H,4-12H2,1-3H3;1H. The molecule has 1 N–H and O–H groups in total. The fraction of sp³-hybridized carbons (Fsp3) is 0.882. The summed E-state index contributed by atoms with van der Waals surface area (Å²) in [6.45, 7) is 7.15. The van der Waals surface area contributed by atoms with Gasteiger partial charge in [-0.1, -0.05) is 13.8 Å². The summed E-state index contributed by atoms with van der Waals surface area (Å²) in [7, 11) is 1.99. The van der Waals surface area contributed by atoms with Gasteiger partial charge in [-0.25, -0.2) is 0 Å². The van der Waals surface area contributed by atoms with Gasteiger partial charge in [-0.2, -0.15) is 0 Å². The van der Waals surface area contributed by atoms with E-state index >= 15 is 0 Å². The number of rotatable bonds is 4. The van der Waals surface area contributed by atoms with Crippen molar-refractivity contribution in [1.29, 1.82) is 0 Å². The topological polar surface area (TPSA) is 52.7 Å². The molecule has 23 heavy (non-hydrogen) atoms.